The molecule has 9 heteroatoms. The average Bonchev–Trinajstić information content (AvgIpc) is 3.18. The molecule has 0 aliphatic carbocycles. The summed E-state index contributed by atoms with van der Waals surface area (Å²) in [5, 5.41) is 3.95. The van der Waals surface area contributed by atoms with Gasteiger partial charge in [-0.2, -0.15) is 0 Å². The minimum absolute atomic E-state index is 0.186. The summed E-state index contributed by atoms with van der Waals surface area (Å²) >= 11 is 0. The van der Waals surface area contributed by atoms with Gasteiger partial charge in [0.15, 0.2) is 9.84 Å². The summed E-state index contributed by atoms with van der Waals surface area (Å²) < 4.78 is 36.9. The van der Waals surface area contributed by atoms with Crippen molar-refractivity contribution in [1.29, 1.82) is 0 Å². The molecule has 0 amide bonds. The van der Waals surface area contributed by atoms with Crippen LogP contribution in [-0.4, -0.2) is 48.0 Å². The van der Waals surface area contributed by atoms with Crippen molar-refractivity contribution in [3.63, 3.8) is 0 Å². The van der Waals surface area contributed by atoms with E-state index in [-0.39, 0.29) is 17.3 Å². The van der Waals surface area contributed by atoms with E-state index >= 15 is 0 Å². The van der Waals surface area contributed by atoms with Gasteiger partial charge in [-0.25, -0.2) is 22.8 Å². The topological polar surface area (TPSA) is 91.0 Å². The van der Waals surface area contributed by atoms with E-state index in [0.29, 0.717) is 24.7 Å². The maximum atomic E-state index is 13.7. The van der Waals surface area contributed by atoms with Crippen molar-refractivity contribution in [3.05, 3.63) is 66.7 Å². The van der Waals surface area contributed by atoms with Crippen molar-refractivity contribution in [2.45, 2.75) is 0 Å². The van der Waals surface area contributed by atoms with Gasteiger partial charge in [0.25, 0.3) is 0 Å². The van der Waals surface area contributed by atoms with E-state index < -0.39 is 9.84 Å². The fourth-order valence-corrected chi connectivity index (χ4v) is 4.93. The number of anilines is 3. The molecule has 0 saturated carbocycles. The van der Waals surface area contributed by atoms with Crippen LogP contribution in [0.5, 0.6) is 0 Å². The number of nitrogens with zero attached hydrogens (tertiary/aromatic N) is 3. The first-order chi connectivity index (χ1) is 15.0. The van der Waals surface area contributed by atoms with Crippen LogP contribution in [0.25, 0.3) is 22.2 Å². The van der Waals surface area contributed by atoms with Crippen LogP contribution < -0.4 is 10.2 Å². The normalized spacial score (nSPS) is 15.8. The third-order valence-corrected chi connectivity index (χ3v) is 7.02. The molecule has 2 N–H and O–H groups in total. The zero-order chi connectivity index (χ0) is 21.4. The second-order valence-corrected chi connectivity index (χ2v) is 9.77. The number of aromatic nitrogens is 3. The SMILES string of the molecule is O=S1(=O)CCN(c2ccc(Nc3nccc(-c4c[nH]c5ccc(F)cc45)n3)cc2)CC1. The Morgan fingerprint density at radius 3 is 2.58 bits per heavy atom. The molecule has 1 aliphatic rings. The fraction of sp³-hybridized carbons (Fsp3) is 0.182. The molecule has 0 atom stereocenters. The molecule has 1 fully saturated rings. The highest BCUT2D eigenvalue weighted by Gasteiger charge is 2.21. The fourth-order valence-electron chi connectivity index (χ4n) is 3.73. The molecule has 0 spiro atoms. The van der Waals surface area contributed by atoms with Crippen LogP contribution in [0.15, 0.2) is 60.9 Å². The number of nitrogens with one attached hydrogen (secondary N) is 2. The summed E-state index contributed by atoms with van der Waals surface area (Å²) in [6, 6.07) is 14.1. The first-order valence-corrected chi connectivity index (χ1v) is 11.7. The maximum absolute atomic E-state index is 13.7. The molecular weight excluding hydrogens is 417 g/mol. The number of benzene rings is 2. The molecule has 4 aromatic rings. The number of rotatable bonds is 4. The smallest absolute Gasteiger partial charge is 0.227 e. The molecular formula is C22H20FN5O2S. The highest BCUT2D eigenvalue weighted by Crippen LogP contribution is 2.29. The lowest BCUT2D eigenvalue weighted by Gasteiger charge is -2.28. The molecule has 31 heavy (non-hydrogen) atoms. The summed E-state index contributed by atoms with van der Waals surface area (Å²) in [7, 11) is -2.91. The van der Waals surface area contributed by atoms with Gasteiger partial charge < -0.3 is 15.2 Å². The second kappa shape index (κ2) is 7.66. The number of aromatic amines is 1. The number of hydrogen-bond donors (Lipinski definition) is 2. The van der Waals surface area contributed by atoms with Gasteiger partial charge in [-0.15, -0.1) is 0 Å². The van der Waals surface area contributed by atoms with Gasteiger partial charge in [-0.1, -0.05) is 0 Å². The van der Waals surface area contributed by atoms with Gasteiger partial charge in [0, 0.05) is 53.3 Å². The Bertz CT molecular complexity index is 1340. The Kier molecular flexibility index (Phi) is 4.82. The van der Waals surface area contributed by atoms with Gasteiger partial charge in [0.2, 0.25) is 5.95 Å². The van der Waals surface area contributed by atoms with Crippen molar-refractivity contribution in [1.82, 2.24) is 15.0 Å². The highest BCUT2D eigenvalue weighted by molar-refractivity contribution is 7.91. The summed E-state index contributed by atoms with van der Waals surface area (Å²) in [5.41, 5.74) is 4.12. The Hall–Kier alpha value is -3.46. The second-order valence-electron chi connectivity index (χ2n) is 7.47. The van der Waals surface area contributed by atoms with E-state index in [1.165, 1.54) is 12.1 Å². The zero-order valence-electron chi connectivity index (χ0n) is 16.5. The van der Waals surface area contributed by atoms with Crippen molar-refractivity contribution in [2.75, 3.05) is 34.8 Å². The lowest BCUT2D eigenvalue weighted by molar-refractivity contribution is 0.587. The van der Waals surface area contributed by atoms with Crippen molar-refractivity contribution >= 4 is 38.1 Å². The molecule has 158 valence electrons. The average molecular weight is 438 g/mol. The monoisotopic (exact) mass is 437 g/mol. The quantitative estimate of drug-likeness (QED) is 0.505. The van der Waals surface area contributed by atoms with Gasteiger partial charge in [0.05, 0.1) is 17.2 Å². The molecule has 0 radical (unpaired) electrons. The number of H-pyrrole nitrogens is 1. The van der Waals surface area contributed by atoms with Crippen LogP contribution in [0.4, 0.5) is 21.7 Å². The predicted octanol–water partition coefficient (Wildman–Crippen LogP) is 3.74. The van der Waals surface area contributed by atoms with Gasteiger partial charge in [-0.05, 0) is 48.5 Å². The van der Waals surface area contributed by atoms with E-state index in [4.69, 9.17) is 0 Å². The highest BCUT2D eigenvalue weighted by atomic mass is 32.2. The van der Waals surface area contributed by atoms with Crippen LogP contribution in [0, 0.1) is 5.82 Å². The number of hydrogen-bond acceptors (Lipinski definition) is 6. The molecule has 3 heterocycles. The lowest BCUT2D eigenvalue weighted by atomic mass is 10.1. The third kappa shape index (κ3) is 4.09. The summed E-state index contributed by atoms with van der Waals surface area (Å²) in [5.74, 6) is 0.503. The van der Waals surface area contributed by atoms with Crippen LogP contribution in [0.1, 0.15) is 0 Å². The largest absolute Gasteiger partial charge is 0.369 e. The van der Waals surface area contributed by atoms with E-state index in [9.17, 15) is 12.8 Å². The number of halogens is 1. The van der Waals surface area contributed by atoms with Crippen LogP contribution >= 0.6 is 0 Å². The molecule has 1 saturated heterocycles. The number of fused-ring (bicyclic) bond motifs is 1. The molecule has 7 nitrogen and oxygen atoms in total. The Balaban J connectivity index is 1.34. The summed E-state index contributed by atoms with van der Waals surface area (Å²) in [6.07, 6.45) is 3.47. The minimum Gasteiger partial charge on any atom is -0.369 e. The van der Waals surface area contributed by atoms with Gasteiger partial charge in [0.1, 0.15) is 5.82 Å². The first-order valence-electron chi connectivity index (χ1n) is 9.89. The maximum Gasteiger partial charge on any atom is 0.227 e. The third-order valence-electron chi connectivity index (χ3n) is 5.41. The van der Waals surface area contributed by atoms with Crippen LogP contribution in [-0.2, 0) is 9.84 Å². The Morgan fingerprint density at radius 1 is 1.03 bits per heavy atom. The van der Waals surface area contributed by atoms with Crippen molar-refractivity contribution in [2.24, 2.45) is 0 Å². The zero-order valence-corrected chi connectivity index (χ0v) is 17.4. The number of sulfone groups is 1. The summed E-state index contributed by atoms with van der Waals surface area (Å²) in [4.78, 5) is 14.1. The summed E-state index contributed by atoms with van der Waals surface area (Å²) in [6.45, 7) is 1.01. The van der Waals surface area contributed by atoms with E-state index in [1.807, 2.05) is 30.5 Å². The molecule has 0 unspecified atom stereocenters. The predicted molar refractivity (Wildman–Crippen MR) is 120 cm³/mol. The minimum atomic E-state index is -2.91. The van der Waals surface area contributed by atoms with Gasteiger partial charge >= 0.3 is 0 Å². The lowest BCUT2D eigenvalue weighted by Crippen LogP contribution is -2.40. The van der Waals surface area contributed by atoms with E-state index in [2.05, 4.69) is 25.2 Å². The first kappa shape index (κ1) is 19.5. The van der Waals surface area contributed by atoms with Crippen LogP contribution in [0.2, 0.25) is 0 Å². The molecule has 2 aromatic heterocycles. The van der Waals surface area contributed by atoms with Crippen molar-refractivity contribution < 1.29 is 12.8 Å². The van der Waals surface area contributed by atoms with E-state index in [1.54, 1.807) is 18.3 Å². The standard InChI is InChI=1S/C22H20FN5O2S/c23-15-1-6-20-18(13-15)19(14-25-20)21-7-8-24-22(27-21)26-16-2-4-17(5-3-16)28-9-11-31(29,30)12-10-28/h1-8,13-14,25H,9-12H2,(H,24,26,27). The van der Waals surface area contributed by atoms with Crippen molar-refractivity contribution in [3.8, 4) is 11.3 Å². The Morgan fingerprint density at radius 2 is 1.81 bits per heavy atom. The molecule has 1 aliphatic heterocycles. The molecule has 5 rings (SSSR count). The van der Waals surface area contributed by atoms with E-state index in [0.717, 1.165) is 27.8 Å². The Labute approximate surface area is 178 Å². The van der Waals surface area contributed by atoms with Gasteiger partial charge in [-0.3, -0.25) is 0 Å². The van der Waals surface area contributed by atoms with Crippen LogP contribution in [0.3, 0.4) is 0 Å². The molecule has 2 aromatic carbocycles. The molecule has 0 bridgehead atoms.